The molecule has 2 aliphatic rings. The molecule has 2 saturated heterocycles. The summed E-state index contributed by atoms with van der Waals surface area (Å²) in [6.45, 7) is 1.94. The molecule has 0 unspecified atom stereocenters. The Morgan fingerprint density at radius 1 is 1.28 bits per heavy atom. The van der Waals surface area contributed by atoms with Crippen LogP contribution in [-0.4, -0.2) is 47.5 Å². The van der Waals surface area contributed by atoms with Crippen molar-refractivity contribution >= 4 is 17.8 Å². The third kappa shape index (κ3) is 2.41. The van der Waals surface area contributed by atoms with E-state index in [1.807, 2.05) is 12.2 Å². The quantitative estimate of drug-likeness (QED) is 0.588. The second kappa shape index (κ2) is 6.15. The van der Waals surface area contributed by atoms with E-state index in [9.17, 15) is 19.5 Å². The van der Waals surface area contributed by atoms with Gasteiger partial charge in [0.05, 0.1) is 7.11 Å². The Morgan fingerprint density at radius 3 is 2.48 bits per heavy atom. The number of hydrogen-bond acceptors (Lipinski definition) is 5. The summed E-state index contributed by atoms with van der Waals surface area (Å²) in [4.78, 5) is 39.3. The second-order valence-electron chi connectivity index (χ2n) is 6.80. The van der Waals surface area contributed by atoms with Gasteiger partial charge < -0.3 is 15.2 Å². The first-order chi connectivity index (χ1) is 11.9. The molecule has 2 heterocycles. The van der Waals surface area contributed by atoms with Crippen molar-refractivity contribution in [2.45, 2.75) is 31.3 Å². The monoisotopic (exact) mass is 347 g/mol. The average molecular weight is 347 g/mol. The summed E-state index contributed by atoms with van der Waals surface area (Å²) in [5.74, 6) is -2.31. The number of aromatic hydroxyl groups is 1. The third-order valence-corrected chi connectivity index (χ3v) is 5.50. The minimum absolute atomic E-state index is 0.122. The van der Waals surface area contributed by atoms with E-state index in [2.05, 4.69) is 0 Å². The Morgan fingerprint density at radius 2 is 1.92 bits per heavy atom. The zero-order chi connectivity index (χ0) is 18.4. The molecule has 7 heteroatoms. The molecule has 2 aliphatic heterocycles. The number of fused-ring (bicyclic) bond motifs is 1. The lowest BCUT2D eigenvalue weighted by Gasteiger charge is -2.28. The maximum absolute atomic E-state index is 12.8. The molecule has 2 amide bonds. The molecule has 3 rings (SSSR count). The smallest absolute Gasteiger partial charge is 0.368 e. The van der Waals surface area contributed by atoms with E-state index in [0.717, 1.165) is 10.5 Å². The van der Waals surface area contributed by atoms with Crippen LogP contribution in [0.15, 0.2) is 24.3 Å². The van der Waals surface area contributed by atoms with Crippen LogP contribution in [0, 0.1) is 11.8 Å². The standard InChI is InChI=1S/C18H22N2O5/c1-4-9-18(17(24)25-3)13-12(15(22)20(2)16(13)23)14(19-18)10-5-7-11(21)8-6-10/h5-8,12-14,19,21H,4,9H2,1-3H3/p+1/t12-,13-,14-,18-/m0/s1. The molecule has 0 radical (unpaired) electrons. The summed E-state index contributed by atoms with van der Waals surface area (Å²) in [5, 5.41) is 11.3. The van der Waals surface area contributed by atoms with Crippen molar-refractivity contribution in [2.24, 2.45) is 11.8 Å². The SMILES string of the molecule is CCC[C@]1(C(=O)OC)[NH2+][C@@H](c2ccc(O)cc2)[C@H]2C(=O)N(C)C(=O)[C@H]21. The number of imide groups is 1. The molecule has 0 aromatic heterocycles. The molecule has 0 spiro atoms. The van der Waals surface area contributed by atoms with Crippen molar-refractivity contribution in [3.8, 4) is 5.75 Å². The first-order valence-corrected chi connectivity index (χ1v) is 8.42. The number of phenolic OH excluding ortho intramolecular Hbond substituents is 1. The number of phenols is 1. The third-order valence-electron chi connectivity index (χ3n) is 5.50. The molecule has 4 atom stereocenters. The van der Waals surface area contributed by atoms with Crippen LogP contribution in [0.2, 0.25) is 0 Å². The van der Waals surface area contributed by atoms with Gasteiger partial charge in [-0.05, 0) is 30.7 Å². The number of carbonyl (C=O) groups excluding carboxylic acids is 3. The fourth-order valence-corrected chi connectivity index (χ4v) is 4.41. The van der Waals surface area contributed by atoms with E-state index < -0.39 is 23.3 Å². The van der Waals surface area contributed by atoms with Crippen LogP contribution >= 0.6 is 0 Å². The first-order valence-electron chi connectivity index (χ1n) is 8.42. The van der Waals surface area contributed by atoms with Crippen LogP contribution in [0.5, 0.6) is 5.75 Å². The lowest BCUT2D eigenvalue weighted by molar-refractivity contribution is -0.735. The molecule has 3 N–H and O–H groups in total. The van der Waals surface area contributed by atoms with Crippen LogP contribution in [0.25, 0.3) is 0 Å². The average Bonchev–Trinajstić information content (AvgIpc) is 3.06. The molecule has 1 aromatic carbocycles. The number of esters is 1. The lowest BCUT2D eigenvalue weighted by atomic mass is 9.77. The minimum atomic E-state index is -1.10. The van der Waals surface area contributed by atoms with Gasteiger partial charge in [0, 0.05) is 19.0 Å². The number of hydrogen-bond donors (Lipinski definition) is 2. The van der Waals surface area contributed by atoms with Gasteiger partial charge in [-0.3, -0.25) is 14.5 Å². The lowest BCUT2D eigenvalue weighted by Crippen LogP contribution is -2.98. The number of nitrogens with two attached hydrogens (primary N) is 1. The predicted octanol–water partition coefficient (Wildman–Crippen LogP) is -0.0468. The number of ether oxygens (including phenoxy) is 1. The van der Waals surface area contributed by atoms with E-state index in [0.29, 0.717) is 12.8 Å². The molecule has 134 valence electrons. The Bertz CT molecular complexity index is 717. The van der Waals surface area contributed by atoms with Crippen molar-refractivity contribution in [3.05, 3.63) is 29.8 Å². The maximum Gasteiger partial charge on any atom is 0.368 e. The Hall–Kier alpha value is -2.41. The van der Waals surface area contributed by atoms with E-state index >= 15 is 0 Å². The van der Waals surface area contributed by atoms with Gasteiger partial charge in [0.25, 0.3) is 0 Å². The minimum Gasteiger partial charge on any atom is -0.508 e. The summed E-state index contributed by atoms with van der Waals surface area (Å²) >= 11 is 0. The number of carbonyl (C=O) groups is 3. The first kappa shape index (κ1) is 17.4. The molecule has 25 heavy (non-hydrogen) atoms. The molecule has 1 aromatic rings. The van der Waals surface area contributed by atoms with Gasteiger partial charge in [-0.15, -0.1) is 0 Å². The van der Waals surface area contributed by atoms with E-state index in [-0.39, 0.29) is 23.6 Å². The number of methoxy groups -OCH3 is 1. The zero-order valence-electron chi connectivity index (χ0n) is 14.6. The van der Waals surface area contributed by atoms with Crippen molar-refractivity contribution < 1.29 is 29.5 Å². The van der Waals surface area contributed by atoms with Gasteiger partial charge in [0.2, 0.25) is 17.4 Å². The Kier molecular flexibility index (Phi) is 4.28. The summed E-state index contributed by atoms with van der Waals surface area (Å²) in [7, 11) is 2.77. The molecule has 7 nitrogen and oxygen atoms in total. The highest BCUT2D eigenvalue weighted by molar-refractivity contribution is 6.08. The van der Waals surface area contributed by atoms with Gasteiger partial charge in [-0.25, -0.2) is 4.79 Å². The highest BCUT2D eigenvalue weighted by atomic mass is 16.5. The predicted molar refractivity (Wildman–Crippen MR) is 87.2 cm³/mol. The zero-order valence-corrected chi connectivity index (χ0v) is 14.6. The van der Waals surface area contributed by atoms with Crippen LogP contribution < -0.4 is 5.32 Å². The van der Waals surface area contributed by atoms with Gasteiger partial charge in [-0.1, -0.05) is 6.92 Å². The number of quaternary nitrogens is 1. The summed E-state index contributed by atoms with van der Waals surface area (Å²) in [5.41, 5.74) is -0.306. The number of likely N-dealkylation sites (tertiary alicyclic amines) is 1. The fourth-order valence-electron chi connectivity index (χ4n) is 4.41. The highest BCUT2D eigenvalue weighted by Crippen LogP contribution is 2.45. The molecular weight excluding hydrogens is 324 g/mol. The molecule has 0 bridgehead atoms. The van der Waals surface area contributed by atoms with Crippen LogP contribution in [0.3, 0.4) is 0 Å². The highest BCUT2D eigenvalue weighted by Gasteiger charge is 2.71. The summed E-state index contributed by atoms with van der Waals surface area (Å²) in [6, 6.07) is 6.16. The van der Waals surface area contributed by atoms with E-state index in [1.165, 1.54) is 14.2 Å². The maximum atomic E-state index is 12.8. The van der Waals surface area contributed by atoms with E-state index in [1.54, 1.807) is 24.3 Å². The number of amides is 2. The van der Waals surface area contributed by atoms with Gasteiger partial charge in [-0.2, -0.15) is 0 Å². The molecule has 0 aliphatic carbocycles. The number of nitrogens with zero attached hydrogens (tertiary/aromatic N) is 1. The van der Waals surface area contributed by atoms with Crippen molar-refractivity contribution in [3.63, 3.8) is 0 Å². The number of rotatable bonds is 4. The fraction of sp³-hybridized carbons (Fsp3) is 0.500. The molecular formula is C18H23N2O5+. The van der Waals surface area contributed by atoms with Crippen LogP contribution in [0.1, 0.15) is 31.4 Å². The molecule has 0 saturated carbocycles. The van der Waals surface area contributed by atoms with Crippen molar-refractivity contribution in [1.29, 1.82) is 0 Å². The summed E-state index contributed by atoms with van der Waals surface area (Å²) < 4.78 is 5.03. The van der Waals surface area contributed by atoms with Gasteiger partial charge in [0.1, 0.15) is 23.6 Å². The van der Waals surface area contributed by atoms with Crippen molar-refractivity contribution in [2.75, 3.05) is 14.2 Å². The van der Waals surface area contributed by atoms with Gasteiger partial charge >= 0.3 is 5.97 Å². The van der Waals surface area contributed by atoms with Crippen molar-refractivity contribution in [1.82, 2.24) is 4.90 Å². The van der Waals surface area contributed by atoms with E-state index in [4.69, 9.17) is 4.74 Å². The van der Waals surface area contributed by atoms with Gasteiger partial charge in [0.15, 0.2) is 0 Å². The second-order valence-corrected chi connectivity index (χ2v) is 6.80. The number of benzene rings is 1. The normalized spacial score (nSPS) is 31.3. The molecule has 2 fully saturated rings. The largest absolute Gasteiger partial charge is 0.508 e. The Labute approximate surface area is 146 Å². The topological polar surface area (TPSA) is 101 Å². The summed E-state index contributed by atoms with van der Waals surface area (Å²) in [6.07, 6.45) is 1.13. The van der Waals surface area contributed by atoms with Crippen LogP contribution in [-0.2, 0) is 19.1 Å². The van der Waals surface area contributed by atoms with Crippen LogP contribution in [0.4, 0.5) is 0 Å². The Balaban J connectivity index is 2.13.